The Hall–Kier alpha value is -3.68. The molecule has 0 aliphatic rings. The molecule has 3 aromatic rings. The monoisotopic (exact) mass is 436 g/mol. The molecule has 0 aliphatic carbocycles. The summed E-state index contributed by atoms with van der Waals surface area (Å²) in [7, 11) is 1.54. The van der Waals surface area contributed by atoms with Crippen LogP contribution in [0.2, 0.25) is 0 Å². The SMILES string of the molecule is CC[C@H](C)NC(=O)c1nn(-c2ccc(C)c(C)c2)c(=O)n(Cc2cccc(OC)c2)c1=O. The fourth-order valence-corrected chi connectivity index (χ4v) is 3.17. The zero-order valence-electron chi connectivity index (χ0n) is 19.0. The normalized spacial score (nSPS) is 11.8. The average Bonchev–Trinajstić information content (AvgIpc) is 2.78. The minimum atomic E-state index is -0.737. The Labute approximate surface area is 186 Å². The van der Waals surface area contributed by atoms with Crippen molar-refractivity contribution in [2.45, 2.75) is 46.7 Å². The second-order valence-corrected chi connectivity index (χ2v) is 7.84. The highest BCUT2D eigenvalue weighted by molar-refractivity contribution is 5.91. The molecule has 0 unspecified atom stereocenters. The van der Waals surface area contributed by atoms with Crippen LogP contribution in [0.25, 0.3) is 5.69 Å². The standard InChI is InChI=1S/C24H28N4O4/c1-6-17(4)25-22(29)21-23(30)27(14-18-8-7-9-20(13-18)32-5)24(31)28(26-21)19-11-10-15(2)16(3)12-19/h7-13,17H,6,14H2,1-5H3,(H,25,29)/t17-/m0/s1. The van der Waals surface area contributed by atoms with E-state index in [2.05, 4.69) is 10.4 Å². The largest absolute Gasteiger partial charge is 0.497 e. The summed E-state index contributed by atoms with van der Waals surface area (Å²) in [6, 6.07) is 12.4. The summed E-state index contributed by atoms with van der Waals surface area (Å²) in [5, 5.41) is 6.93. The van der Waals surface area contributed by atoms with Crippen molar-refractivity contribution in [2.24, 2.45) is 0 Å². The van der Waals surface area contributed by atoms with E-state index in [9.17, 15) is 14.4 Å². The smallest absolute Gasteiger partial charge is 0.352 e. The van der Waals surface area contributed by atoms with Crippen LogP contribution in [-0.4, -0.2) is 33.4 Å². The molecule has 3 rings (SSSR count). The van der Waals surface area contributed by atoms with Crippen LogP contribution in [0.1, 0.15) is 47.4 Å². The quantitative estimate of drug-likeness (QED) is 0.614. The molecular weight excluding hydrogens is 408 g/mol. The number of carbonyl (C=O) groups excluding carboxylic acids is 1. The van der Waals surface area contributed by atoms with Crippen LogP contribution in [0.3, 0.4) is 0 Å². The number of carbonyl (C=O) groups is 1. The Bertz CT molecular complexity index is 1260. The molecule has 0 aliphatic heterocycles. The number of aromatic nitrogens is 3. The maximum Gasteiger partial charge on any atom is 0.352 e. The molecule has 2 aromatic carbocycles. The van der Waals surface area contributed by atoms with E-state index in [1.54, 1.807) is 43.5 Å². The van der Waals surface area contributed by atoms with Crippen molar-refractivity contribution in [3.63, 3.8) is 0 Å². The van der Waals surface area contributed by atoms with Gasteiger partial charge in [-0.3, -0.25) is 14.2 Å². The minimum Gasteiger partial charge on any atom is -0.497 e. The third-order valence-electron chi connectivity index (χ3n) is 5.47. The summed E-state index contributed by atoms with van der Waals surface area (Å²) in [5.41, 5.74) is 1.50. The molecule has 1 heterocycles. The van der Waals surface area contributed by atoms with Gasteiger partial charge in [-0.25, -0.2) is 4.79 Å². The number of nitrogens with zero attached hydrogens (tertiary/aromatic N) is 3. The highest BCUT2D eigenvalue weighted by atomic mass is 16.5. The maximum absolute atomic E-state index is 13.3. The molecule has 0 saturated carbocycles. The van der Waals surface area contributed by atoms with Gasteiger partial charge < -0.3 is 10.1 Å². The lowest BCUT2D eigenvalue weighted by atomic mass is 10.1. The Morgan fingerprint density at radius 1 is 1.12 bits per heavy atom. The van der Waals surface area contributed by atoms with E-state index in [0.29, 0.717) is 23.4 Å². The highest BCUT2D eigenvalue weighted by Gasteiger charge is 2.21. The fraction of sp³-hybridized carbons (Fsp3) is 0.333. The lowest BCUT2D eigenvalue weighted by molar-refractivity contribution is 0.0929. The predicted octanol–water partition coefficient (Wildman–Crippen LogP) is 2.60. The molecule has 8 nitrogen and oxygen atoms in total. The Kier molecular flexibility index (Phi) is 6.92. The topological polar surface area (TPSA) is 95.2 Å². The summed E-state index contributed by atoms with van der Waals surface area (Å²) in [4.78, 5) is 39.3. The van der Waals surface area contributed by atoms with Crippen molar-refractivity contribution in [3.05, 3.63) is 85.7 Å². The first-order chi connectivity index (χ1) is 15.2. The molecule has 0 bridgehead atoms. The van der Waals surface area contributed by atoms with Crippen molar-refractivity contribution < 1.29 is 9.53 Å². The lowest BCUT2D eigenvalue weighted by Crippen LogP contribution is -2.47. The van der Waals surface area contributed by atoms with Gasteiger partial charge in [0.2, 0.25) is 5.69 Å². The molecule has 8 heteroatoms. The lowest BCUT2D eigenvalue weighted by Gasteiger charge is -2.15. The van der Waals surface area contributed by atoms with E-state index in [-0.39, 0.29) is 18.3 Å². The van der Waals surface area contributed by atoms with E-state index in [4.69, 9.17) is 4.74 Å². The third-order valence-corrected chi connectivity index (χ3v) is 5.47. The Balaban J connectivity index is 2.20. The van der Waals surface area contributed by atoms with Crippen LogP contribution in [-0.2, 0) is 6.54 Å². The van der Waals surface area contributed by atoms with Gasteiger partial charge >= 0.3 is 5.69 Å². The van der Waals surface area contributed by atoms with Crippen molar-refractivity contribution in [1.82, 2.24) is 19.7 Å². The van der Waals surface area contributed by atoms with Crippen molar-refractivity contribution in [1.29, 1.82) is 0 Å². The number of nitrogens with one attached hydrogen (secondary N) is 1. The van der Waals surface area contributed by atoms with Crippen LogP contribution in [0, 0.1) is 13.8 Å². The number of aryl methyl sites for hydroxylation is 2. The Morgan fingerprint density at radius 3 is 2.53 bits per heavy atom. The van der Waals surface area contributed by atoms with E-state index in [1.165, 1.54) is 0 Å². The molecule has 168 valence electrons. The summed E-state index contributed by atoms with van der Waals surface area (Å²) in [6.07, 6.45) is 0.695. The van der Waals surface area contributed by atoms with Crippen LogP contribution < -0.4 is 21.3 Å². The van der Waals surface area contributed by atoms with Crippen molar-refractivity contribution in [2.75, 3.05) is 7.11 Å². The highest BCUT2D eigenvalue weighted by Crippen LogP contribution is 2.14. The molecule has 0 saturated heterocycles. The second kappa shape index (κ2) is 9.64. The van der Waals surface area contributed by atoms with Gasteiger partial charge in [-0.2, -0.15) is 9.78 Å². The number of hydrogen-bond donors (Lipinski definition) is 1. The van der Waals surface area contributed by atoms with E-state index in [1.807, 2.05) is 33.8 Å². The van der Waals surface area contributed by atoms with Crippen LogP contribution >= 0.6 is 0 Å². The molecule has 0 radical (unpaired) electrons. The van der Waals surface area contributed by atoms with Gasteiger partial charge in [0, 0.05) is 6.04 Å². The molecule has 0 fully saturated rings. The van der Waals surface area contributed by atoms with Gasteiger partial charge in [0.1, 0.15) is 5.75 Å². The van der Waals surface area contributed by atoms with Gasteiger partial charge in [0.05, 0.1) is 19.3 Å². The van der Waals surface area contributed by atoms with Gasteiger partial charge in [-0.1, -0.05) is 25.1 Å². The molecule has 1 N–H and O–H groups in total. The Morgan fingerprint density at radius 2 is 1.88 bits per heavy atom. The first kappa shape index (κ1) is 23.0. The number of hydrogen-bond acceptors (Lipinski definition) is 5. The second-order valence-electron chi connectivity index (χ2n) is 7.84. The zero-order chi connectivity index (χ0) is 23.4. The molecule has 0 spiro atoms. The van der Waals surface area contributed by atoms with Crippen LogP contribution in [0.15, 0.2) is 52.1 Å². The molecule has 1 amide bonds. The van der Waals surface area contributed by atoms with E-state index >= 15 is 0 Å². The zero-order valence-corrected chi connectivity index (χ0v) is 19.0. The molecule has 32 heavy (non-hydrogen) atoms. The number of ether oxygens (including phenoxy) is 1. The van der Waals surface area contributed by atoms with Crippen molar-refractivity contribution >= 4 is 5.91 Å². The summed E-state index contributed by atoms with van der Waals surface area (Å²) in [6.45, 7) is 7.63. The summed E-state index contributed by atoms with van der Waals surface area (Å²) in [5.74, 6) is -0.00449. The first-order valence-corrected chi connectivity index (χ1v) is 10.5. The average molecular weight is 437 g/mol. The number of rotatable bonds is 7. The molecule has 1 aromatic heterocycles. The van der Waals surface area contributed by atoms with E-state index < -0.39 is 17.2 Å². The van der Waals surface area contributed by atoms with Crippen LogP contribution in [0.5, 0.6) is 5.75 Å². The number of methoxy groups -OCH3 is 1. The van der Waals surface area contributed by atoms with Gasteiger partial charge in [-0.15, -0.1) is 0 Å². The van der Waals surface area contributed by atoms with Gasteiger partial charge in [-0.05, 0) is 68.1 Å². The van der Waals surface area contributed by atoms with Crippen molar-refractivity contribution in [3.8, 4) is 11.4 Å². The fourth-order valence-electron chi connectivity index (χ4n) is 3.17. The van der Waals surface area contributed by atoms with Crippen LogP contribution in [0.4, 0.5) is 0 Å². The minimum absolute atomic E-state index is 0.0220. The summed E-state index contributed by atoms with van der Waals surface area (Å²) < 4.78 is 7.38. The van der Waals surface area contributed by atoms with Gasteiger partial charge in [0.15, 0.2) is 0 Å². The summed E-state index contributed by atoms with van der Waals surface area (Å²) >= 11 is 0. The predicted molar refractivity (Wildman–Crippen MR) is 123 cm³/mol. The number of amides is 1. The molecule has 1 atom stereocenters. The first-order valence-electron chi connectivity index (χ1n) is 10.5. The number of benzene rings is 2. The maximum atomic E-state index is 13.3. The van der Waals surface area contributed by atoms with E-state index in [0.717, 1.165) is 20.4 Å². The third kappa shape index (κ3) is 4.80. The molecular formula is C24H28N4O4. The van der Waals surface area contributed by atoms with Gasteiger partial charge in [0.25, 0.3) is 11.5 Å².